The van der Waals surface area contributed by atoms with Crippen molar-refractivity contribution in [3.63, 3.8) is 0 Å². The van der Waals surface area contributed by atoms with Crippen LogP contribution in [-0.2, 0) is 57.2 Å². The van der Waals surface area contributed by atoms with E-state index in [-0.39, 0.29) is 24.0 Å². The van der Waals surface area contributed by atoms with Crippen molar-refractivity contribution in [1.29, 1.82) is 0 Å². The third-order valence-corrected chi connectivity index (χ3v) is 6.49. The molecule has 13 heteroatoms. The maximum atomic E-state index is 13.7. The number of esters is 6. The normalized spacial score (nSPS) is 25.0. The minimum Gasteiger partial charge on any atom is -0.466 e. The zero-order chi connectivity index (χ0) is 30.4. The van der Waals surface area contributed by atoms with Crippen LogP contribution in [0, 0.1) is 5.92 Å². The minimum atomic E-state index is -2.21. The van der Waals surface area contributed by atoms with E-state index in [0.717, 1.165) is 34.8 Å². The zero-order valence-electron chi connectivity index (χ0n) is 23.2. The number of fused-ring (bicyclic) bond motifs is 1. The molecule has 0 saturated carbocycles. The average Bonchev–Trinajstić information content (AvgIpc) is 3.13. The molecule has 0 aromatic heterocycles. The summed E-state index contributed by atoms with van der Waals surface area (Å²) < 4.78 is 32.0. The van der Waals surface area contributed by atoms with Crippen LogP contribution < -0.4 is 0 Å². The highest BCUT2D eigenvalue weighted by atomic mass is 16.6. The van der Waals surface area contributed by atoms with E-state index in [4.69, 9.17) is 28.4 Å². The third kappa shape index (κ3) is 7.34. The van der Waals surface area contributed by atoms with Gasteiger partial charge < -0.3 is 33.5 Å². The molecule has 0 bridgehead atoms. The van der Waals surface area contributed by atoms with Crippen molar-refractivity contribution in [2.45, 2.75) is 77.5 Å². The van der Waals surface area contributed by atoms with Gasteiger partial charge in [-0.1, -0.05) is 12.7 Å². The predicted octanol–water partition coefficient (Wildman–Crippen LogP) is 1.01. The topological polar surface area (TPSA) is 178 Å². The molecule has 0 amide bonds. The van der Waals surface area contributed by atoms with E-state index in [1.807, 2.05) is 0 Å². The maximum absolute atomic E-state index is 13.7. The Morgan fingerprint density at radius 3 is 2.30 bits per heavy atom. The first-order chi connectivity index (χ1) is 18.7. The van der Waals surface area contributed by atoms with E-state index in [9.17, 15) is 33.9 Å². The summed E-state index contributed by atoms with van der Waals surface area (Å²) >= 11 is 0. The Bertz CT molecular complexity index is 1130. The number of methoxy groups -OCH3 is 1. The number of hydrogen-bond acceptors (Lipinski definition) is 13. The fourth-order valence-electron chi connectivity index (χ4n) is 4.42. The van der Waals surface area contributed by atoms with Crippen molar-refractivity contribution in [3.8, 4) is 0 Å². The molecule has 40 heavy (non-hydrogen) atoms. The second kappa shape index (κ2) is 13.4. The van der Waals surface area contributed by atoms with Gasteiger partial charge in [-0.15, -0.1) is 0 Å². The molecule has 1 aliphatic heterocycles. The van der Waals surface area contributed by atoms with Gasteiger partial charge in [-0.3, -0.25) is 14.4 Å². The Morgan fingerprint density at radius 2 is 1.77 bits per heavy atom. The quantitative estimate of drug-likeness (QED) is 0.191. The maximum Gasteiger partial charge on any atom is 0.354 e. The van der Waals surface area contributed by atoms with E-state index in [1.165, 1.54) is 19.1 Å². The van der Waals surface area contributed by atoms with E-state index < -0.39 is 78.4 Å². The number of aliphatic hydroxyl groups excluding tert-OH is 1. The van der Waals surface area contributed by atoms with Crippen molar-refractivity contribution in [3.05, 3.63) is 35.5 Å². The molecule has 0 aromatic rings. The lowest BCUT2D eigenvalue weighted by Crippen LogP contribution is -2.55. The Balaban J connectivity index is 2.78. The summed E-state index contributed by atoms with van der Waals surface area (Å²) in [6.45, 7) is 8.96. The van der Waals surface area contributed by atoms with E-state index >= 15 is 0 Å². The van der Waals surface area contributed by atoms with Gasteiger partial charge in [-0.05, 0) is 38.3 Å². The molecule has 1 N–H and O–H groups in total. The lowest BCUT2D eigenvalue weighted by molar-refractivity contribution is -0.206. The molecule has 0 spiro atoms. The standard InChI is InChI=1S/C27H34O13/c1-13-21-20(38-24(13)32)11-18(12-28)9-8-10-19(25(33)35-7)22(37-16(4)30)23(21)39-26(34)27(6,40-17(5)31)14(2)36-15(3)29/h10-11,14,20-23,28H,1,8-9,12H2,2-7H3. The Hall–Kier alpha value is -4.00. The van der Waals surface area contributed by atoms with Crippen LogP contribution in [0.25, 0.3) is 0 Å². The summed E-state index contributed by atoms with van der Waals surface area (Å²) in [6.07, 6.45) is -2.54. The number of aliphatic hydroxyl groups is 1. The highest BCUT2D eigenvalue weighted by Gasteiger charge is 2.54. The number of carbonyl (C=O) groups is 6. The predicted molar refractivity (Wildman–Crippen MR) is 134 cm³/mol. The van der Waals surface area contributed by atoms with E-state index in [2.05, 4.69) is 6.58 Å². The summed E-state index contributed by atoms with van der Waals surface area (Å²) in [4.78, 5) is 75.1. The van der Waals surface area contributed by atoms with Gasteiger partial charge in [0.15, 0.2) is 12.2 Å². The number of ether oxygens (including phenoxy) is 6. The molecule has 220 valence electrons. The first-order valence-corrected chi connectivity index (χ1v) is 12.4. The highest BCUT2D eigenvalue weighted by molar-refractivity contribution is 5.93. The number of rotatable bonds is 8. The largest absolute Gasteiger partial charge is 0.466 e. The van der Waals surface area contributed by atoms with Crippen LogP contribution in [-0.4, -0.2) is 84.7 Å². The van der Waals surface area contributed by atoms with Gasteiger partial charge in [0.1, 0.15) is 12.2 Å². The van der Waals surface area contributed by atoms with Crippen molar-refractivity contribution >= 4 is 35.8 Å². The van der Waals surface area contributed by atoms with Gasteiger partial charge in [-0.25, -0.2) is 14.4 Å². The molecule has 0 aromatic carbocycles. The van der Waals surface area contributed by atoms with Crippen LogP contribution in [0.4, 0.5) is 0 Å². The van der Waals surface area contributed by atoms with Gasteiger partial charge in [-0.2, -0.15) is 0 Å². The van der Waals surface area contributed by atoms with Gasteiger partial charge in [0.25, 0.3) is 0 Å². The van der Waals surface area contributed by atoms with Crippen molar-refractivity contribution in [1.82, 2.24) is 0 Å². The summed E-state index contributed by atoms with van der Waals surface area (Å²) in [5.41, 5.74) is -2.17. The molecule has 1 heterocycles. The monoisotopic (exact) mass is 566 g/mol. The molecular weight excluding hydrogens is 532 g/mol. The van der Waals surface area contributed by atoms with Crippen LogP contribution in [0.3, 0.4) is 0 Å². The SMILES string of the molecule is C=C1C(=O)OC2C=C(CO)CCC=C(C(=O)OC)C(OC(C)=O)C(OC(=O)C(C)(OC(C)=O)C(C)OC(C)=O)C12. The van der Waals surface area contributed by atoms with Crippen LogP contribution in [0.1, 0.15) is 47.5 Å². The summed E-state index contributed by atoms with van der Waals surface area (Å²) in [5.74, 6) is -6.83. The zero-order valence-corrected chi connectivity index (χ0v) is 23.2. The van der Waals surface area contributed by atoms with Gasteiger partial charge >= 0.3 is 35.8 Å². The van der Waals surface area contributed by atoms with Crippen LogP contribution >= 0.6 is 0 Å². The number of hydrogen-bond donors (Lipinski definition) is 1. The molecule has 13 nitrogen and oxygen atoms in total. The lowest BCUT2D eigenvalue weighted by atomic mass is 9.83. The van der Waals surface area contributed by atoms with Crippen LogP contribution in [0.15, 0.2) is 35.5 Å². The first kappa shape index (κ1) is 32.2. The Morgan fingerprint density at radius 1 is 1.12 bits per heavy atom. The van der Waals surface area contributed by atoms with Crippen molar-refractivity contribution in [2.24, 2.45) is 5.92 Å². The van der Waals surface area contributed by atoms with Crippen molar-refractivity contribution < 1.29 is 62.3 Å². The first-order valence-electron chi connectivity index (χ1n) is 12.4. The van der Waals surface area contributed by atoms with Gasteiger partial charge in [0, 0.05) is 26.3 Å². The summed E-state index contributed by atoms with van der Waals surface area (Å²) in [5, 5.41) is 9.86. The van der Waals surface area contributed by atoms with Crippen molar-refractivity contribution in [2.75, 3.05) is 13.7 Å². The average molecular weight is 567 g/mol. The van der Waals surface area contributed by atoms with Crippen LogP contribution in [0.5, 0.6) is 0 Å². The summed E-state index contributed by atoms with van der Waals surface area (Å²) in [6, 6.07) is 0. The molecular formula is C27H34O13. The molecule has 0 radical (unpaired) electrons. The van der Waals surface area contributed by atoms with E-state index in [0.29, 0.717) is 5.57 Å². The molecule has 6 unspecified atom stereocenters. The Labute approximate surface area is 231 Å². The smallest absolute Gasteiger partial charge is 0.354 e. The van der Waals surface area contributed by atoms with Crippen LogP contribution in [0.2, 0.25) is 0 Å². The molecule has 1 fully saturated rings. The van der Waals surface area contributed by atoms with E-state index in [1.54, 1.807) is 0 Å². The molecule has 2 aliphatic rings. The fourth-order valence-corrected chi connectivity index (χ4v) is 4.42. The molecule has 2 rings (SSSR count). The second-order valence-corrected chi connectivity index (χ2v) is 9.45. The molecule has 1 saturated heterocycles. The second-order valence-electron chi connectivity index (χ2n) is 9.45. The number of allylic oxidation sites excluding steroid dienone is 1. The minimum absolute atomic E-state index is 0.163. The fraction of sp³-hybridized carbons (Fsp3) is 0.556. The third-order valence-electron chi connectivity index (χ3n) is 6.49. The van der Waals surface area contributed by atoms with Gasteiger partial charge in [0.2, 0.25) is 5.60 Å². The molecule has 6 atom stereocenters. The highest BCUT2D eigenvalue weighted by Crippen LogP contribution is 2.39. The van der Waals surface area contributed by atoms with Gasteiger partial charge in [0.05, 0.1) is 25.2 Å². The number of carbonyl (C=O) groups excluding carboxylic acids is 6. The Kier molecular flexibility index (Phi) is 10.8. The molecule has 1 aliphatic carbocycles. The summed E-state index contributed by atoms with van der Waals surface area (Å²) in [7, 11) is 1.09. The lowest BCUT2D eigenvalue weighted by Gasteiger charge is -2.37.